The summed E-state index contributed by atoms with van der Waals surface area (Å²) in [5.74, 6) is -0.253. The normalized spacial score (nSPS) is 10.9. The van der Waals surface area contributed by atoms with Crippen LogP contribution in [0.15, 0.2) is 24.5 Å². The second-order valence-electron chi connectivity index (χ2n) is 5.54. The fourth-order valence-electron chi connectivity index (χ4n) is 1.41. The third-order valence-corrected chi connectivity index (χ3v) is 2.65. The summed E-state index contributed by atoms with van der Waals surface area (Å²) in [4.78, 5) is 29.1. The summed E-state index contributed by atoms with van der Waals surface area (Å²) in [6, 6.07) is 3.74. The van der Waals surface area contributed by atoms with Crippen molar-refractivity contribution in [2.45, 2.75) is 27.3 Å². The maximum atomic E-state index is 11.9. The summed E-state index contributed by atoms with van der Waals surface area (Å²) >= 11 is 0. The second-order valence-corrected chi connectivity index (χ2v) is 5.54. The average Bonchev–Trinajstić information content (AvgIpc) is 2.35. The molecule has 1 aromatic heterocycles. The number of carbonyl (C=O) groups is 2. The highest BCUT2D eigenvalue weighted by molar-refractivity contribution is 5.87. The standard InChI is InChI=1S/C14H21N3O2/c1-14(2,3)13(19)16-9-12(18)17(4)10-11-6-5-7-15-8-11/h5-8H,9-10H2,1-4H3,(H,16,19). The molecule has 5 heteroatoms. The van der Waals surface area contributed by atoms with Crippen molar-refractivity contribution in [3.05, 3.63) is 30.1 Å². The van der Waals surface area contributed by atoms with E-state index in [0.717, 1.165) is 5.56 Å². The van der Waals surface area contributed by atoms with Gasteiger partial charge < -0.3 is 10.2 Å². The Hall–Kier alpha value is -1.91. The lowest BCUT2D eigenvalue weighted by molar-refractivity contribution is -0.134. The Morgan fingerprint density at radius 3 is 2.58 bits per heavy atom. The Bertz CT molecular complexity index is 438. The first-order valence-corrected chi connectivity index (χ1v) is 6.22. The zero-order valence-corrected chi connectivity index (χ0v) is 11.9. The van der Waals surface area contributed by atoms with Gasteiger partial charge in [-0.1, -0.05) is 26.8 Å². The molecule has 0 spiro atoms. The van der Waals surface area contributed by atoms with Gasteiger partial charge in [-0.25, -0.2) is 0 Å². The Morgan fingerprint density at radius 2 is 2.05 bits per heavy atom. The third kappa shape index (κ3) is 5.07. The molecule has 0 saturated heterocycles. The SMILES string of the molecule is CN(Cc1cccnc1)C(=O)CNC(=O)C(C)(C)C. The van der Waals surface area contributed by atoms with Gasteiger partial charge in [0.05, 0.1) is 6.54 Å². The van der Waals surface area contributed by atoms with Gasteiger partial charge in [0.2, 0.25) is 11.8 Å². The van der Waals surface area contributed by atoms with Gasteiger partial charge in [0, 0.05) is 31.4 Å². The number of amides is 2. The summed E-state index contributed by atoms with van der Waals surface area (Å²) in [7, 11) is 1.71. The van der Waals surface area contributed by atoms with E-state index in [0.29, 0.717) is 6.54 Å². The average molecular weight is 263 g/mol. The molecule has 19 heavy (non-hydrogen) atoms. The van der Waals surface area contributed by atoms with Gasteiger partial charge in [-0.05, 0) is 11.6 Å². The smallest absolute Gasteiger partial charge is 0.242 e. The molecule has 2 amide bonds. The van der Waals surface area contributed by atoms with Crippen LogP contribution in [0.2, 0.25) is 0 Å². The molecule has 1 rings (SSSR count). The van der Waals surface area contributed by atoms with Crippen molar-refractivity contribution in [1.82, 2.24) is 15.2 Å². The number of hydrogen-bond donors (Lipinski definition) is 1. The lowest BCUT2D eigenvalue weighted by Gasteiger charge is -2.20. The summed E-state index contributed by atoms with van der Waals surface area (Å²) in [5, 5.41) is 2.64. The van der Waals surface area contributed by atoms with Gasteiger partial charge in [-0.15, -0.1) is 0 Å². The molecular weight excluding hydrogens is 242 g/mol. The molecule has 0 bridgehead atoms. The van der Waals surface area contributed by atoms with Crippen LogP contribution in [0.5, 0.6) is 0 Å². The highest BCUT2D eigenvalue weighted by atomic mass is 16.2. The zero-order chi connectivity index (χ0) is 14.5. The van der Waals surface area contributed by atoms with Gasteiger partial charge in [-0.2, -0.15) is 0 Å². The fourth-order valence-corrected chi connectivity index (χ4v) is 1.41. The van der Waals surface area contributed by atoms with Gasteiger partial charge in [-0.3, -0.25) is 14.6 Å². The molecule has 1 aromatic rings. The molecule has 0 saturated carbocycles. The highest BCUT2D eigenvalue weighted by Crippen LogP contribution is 2.12. The van der Waals surface area contributed by atoms with E-state index in [9.17, 15) is 9.59 Å². The predicted octanol–water partition coefficient (Wildman–Crippen LogP) is 1.20. The van der Waals surface area contributed by atoms with Crippen LogP contribution in [0, 0.1) is 5.41 Å². The van der Waals surface area contributed by atoms with Crippen LogP contribution in [0.4, 0.5) is 0 Å². The highest BCUT2D eigenvalue weighted by Gasteiger charge is 2.22. The Labute approximate surface area is 114 Å². The first-order chi connectivity index (χ1) is 8.80. The molecule has 0 atom stereocenters. The summed E-state index contributed by atoms with van der Waals surface area (Å²) in [5.41, 5.74) is 0.475. The monoisotopic (exact) mass is 263 g/mol. The number of pyridine rings is 1. The first-order valence-electron chi connectivity index (χ1n) is 6.22. The lowest BCUT2D eigenvalue weighted by Crippen LogP contribution is -2.42. The van der Waals surface area contributed by atoms with E-state index in [-0.39, 0.29) is 18.4 Å². The van der Waals surface area contributed by atoms with Gasteiger partial charge in [0.1, 0.15) is 0 Å². The zero-order valence-electron chi connectivity index (χ0n) is 11.9. The van der Waals surface area contributed by atoms with Crippen molar-refractivity contribution in [3.8, 4) is 0 Å². The van der Waals surface area contributed by atoms with Crippen LogP contribution in [0.1, 0.15) is 26.3 Å². The number of nitrogens with one attached hydrogen (secondary N) is 1. The Balaban J connectivity index is 2.44. The number of carbonyl (C=O) groups excluding carboxylic acids is 2. The summed E-state index contributed by atoms with van der Waals surface area (Å²) < 4.78 is 0. The predicted molar refractivity (Wildman–Crippen MR) is 73.2 cm³/mol. The maximum absolute atomic E-state index is 11.9. The van der Waals surface area contributed by atoms with E-state index in [4.69, 9.17) is 0 Å². The largest absolute Gasteiger partial charge is 0.347 e. The van der Waals surface area contributed by atoms with Gasteiger partial charge in [0.25, 0.3) is 0 Å². The van der Waals surface area contributed by atoms with E-state index in [1.54, 1.807) is 24.3 Å². The minimum atomic E-state index is -0.484. The van der Waals surface area contributed by atoms with Crippen LogP contribution in [0.25, 0.3) is 0 Å². The molecular formula is C14H21N3O2. The van der Waals surface area contributed by atoms with E-state index in [2.05, 4.69) is 10.3 Å². The Kier molecular flexibility index (Phi) is 5.03. The maximum Gasteiger partial charge on any atom is 0.242 e. The minimum absolute atomic E-state index is 0.0207. The first kappa shape index (κ1) is 15.1. The minimum Gasteiger partial charge on any atom is -0.347 e. The summed E-state index contributed by atoms with van der Waals surface area (Å²) in [6.45, 7) is 5.94. The van der Waals surface area contributed by atoms with Gasteiger partial charge in [0.15, 0.2) is 0 Å². The number of nitrogens with zero attached hydrogens (tertiary/aromatic N) is 2. The number of aromatic nitrogens is 1. The van der Waals surface area contributed by atoms with E-state index in [1.165, 1.54) is 0 Å². The van der Waals surface area contributed by atoms with Crippen molar-refractivity contribution < 1.29 is 9.59 Å². The molecule has 0 fully saturated rings. The number of hydrogen-bond acceptors (Lipinski definition) is 3. The fraction of sp³-hybridized carbons (Fsp3) is 0.500. The molecule has 0 unspecified atom stereocenters. The van der Waals surface area contributed by atoms with Crippen molar-refractivity contribution in [1.29, 1.82) is 0 Å². The van der Waals surface area contributed by atoms with Crippen LogP contribution < -0.4 is 5.32 Å². The second kappa shape index (κ2) is 6.31. The number of rotatable bonds is 4. The molecule has 0 aliphatic rings. The molecule has 5 nitrogen and oxygen atoms in total. The van der Waals surface area contributed by atoms with Crippen LogP contribution in [0.3, 0.4) is 0 Å². The quantitative estimate of drug-likeness (QED) is 0.888. The van der Waals surface area contributed by atoms with Crippen LogP contribution in [-0.4, -0.2) is 35.3 Å². The molecule has 0 aliphatic heterocycles. The van der Waals surface area contributed by atoms with E-state index < -0.39 is 5.41 Å². The van der Waals surface area contributed by atoms with Gasteiger partial charge >= 0.3 is 0 Å². The summed E-state index contributed by atoms with van der Waals surface area (Å²) in [6.07, 6.45) is 3.41. The molecule has 0 aliphatic carbocycles. The molecule has 0 radical (unpaired) electrons. The van der Waals surface area contributed by atoms with E-state index >= 15 is 0 Å². The van der Waals surface area contributed by atoms with E-state index in [1.807, 2.05) is 32.9 Å². The molecule has 1 N–H and O–H groups in total. The molecule has 1 heterocycles. The van der Waals surface area contributed by atoms with Crippen LogP contribution >= 0.6 is 0 Å². The van der Waals surface area contributed by atoms with Crippen molar-refractivity contribution in [3.63, 3.8) is 0 Å². The van der Waals surface area contributed by atoms with Crippen LogP contribution in [-0.2, 0) is 16.1 Å². The lowest BCUT2D eigenvalue weighted by atomic mass is 9.96. The van der Waals surface area contributed by atoms with Crippen molar-refractivity contribution in [2.24, 2.45) is 5.41 Å². The third-order valence-electron chi connectivity index (χ3n) is 2.65. The molecule has 104 valence electrons. The van der Waals surface area contributed by atoms with Crippen molar-refractivity contribution >= 4 is 11.8 Å². The topological polar surface area (TPSA) is 62.3 Å². The Morgan fingerprint density at radius 1 is 1.37 bits per heavy atom. The number of likely N-dealkylation sites (N-methyl/N-ethyl adjacent to an activating group) is 1. The van der Waals surface area contributed by atoms with Crippen molar-refractivity contribution in [2.75, 3.05) is 13.6 Å². The molecule has 0 aromatic carbocycles.